The highest BCUT2D eigenvalue weighted by Crippen LogP contribution is 2.26. The van der Waals surface area contributed by atoms with Crippen LogP contribution < -0.4 is 4.90 Å². The second-order valence-corrected chi connectivity index (χ2v) is 6.57. The molecule has 0 fully saturated rings. The molecule has 1 N–H and O–H groups in total. The Labute approximate surface area is 143 Å². The van der Waals surface area contributed by atoms with Crippen LogP contribution in [0.3, 0.4) is 0 Å². The first-order valence-corrected chi connectivity index (χ1v) is 8.22. The van der Waals surface area contributed by atoms with Crippen molar-refractivity contribution in [2.24, 2.45) is 7.05 Å². The molecule has 0 amide bonds. The molecule has 0 spiro atoms. The zero-order chi connectivity index (χ0) is 15.7. The van der Waals surface area contributed by atoms with E-state index in [9.17, 15) is 0 Å². The van der Waals surface area contributed by atoms with Crippen LogP contribution in [-0.4, -0.2) is 34.9 Å². The number of hydrogen-bond acceptors (Lipinski definition) is 3. The third-order valence-corrected chi connectivity index (χ3v) is 4.52. The van der Waals surface area contributed by atoms with Crippen molar-refractivity contribution in [1.29, 1.82) is 0 Å². The van der Waals surface area contributed by atoms with Crippen LogP contribution in [0.25, 0.3) is 22.4 Å². The predicted molar refractivity (Wildman–Crippen MR) is 99.2 cm³/mol. The fourth-order valence-corrected chi connectivity index (χ4v) is 3.05. The lowest BCUT2D eigenvalue weighted by Crippen LogP contribution is -2.20. The molecule has 1 aromatic heterocycles. The van der Waals surface area contributed by atoms with Gasteiger partial charge in [-0.25, -0.2) is 4.98 Å². The van der Waals surface area contributed by atoms with E-state index in [0.29, 0.717) is 6.54 Å². The van der Waals surface area contributed by atoms with E-state index >= 15 is 0 Å². The summed E-state index contributed by atoms with van der Waals surface area (Å²) in [5.74, 6) is 0.966. The van der Waals surface area contributed by atoms with E-state index in [4.69, 9.17) is 10.1 Å². The zero-order valence-corrected chi connectivity index (χ0v) is 14.8. The maximum absolute atomic E-state index is 9.01. The van der Waals surface area contributed by atoms with Crippen LogP contribution >= 0.6 is 22.6 Å². The number of likely N-dealkylation sites (N-methyl/N-ethyl adjacent to an activating group) is 1. The van der Waals surface area contributed by atoms with Gasteiger partial charge in [0.1, 0.15) is 5.82 Å². The molecule has 1 heterocycles. The Morgan fingerprint density at radius 1 is 1.18 bits per heavy atom. The third-order valence-electron chi connectivity index (χ3n) is 3.84. The summed E-state index contributed by atoms with van der Waals surface area (Å²) in [7, 11) is 4.02. The molecular weight excluding hydrogens is 389 g/mol. The molecule has 2 aromatic carbocycles. The average Bonchev–Trinajstić information content (AvgIpc) is 2.84. The number of hydrogen-bond donors (Lipinski definition) is 1. The second-order valence-electron chi connectivity index (χ2n) is 5.32. The summed E-state index contributed by atoms with van der Waals surface area (Å²) in [5, 5.41) is 9.01. The van der Waals surface area contributed by atoms with Crippen LogP contribution in [0.1, 0.15) is 0 Å². The van der Waals surface area contributed by atoms with Gasteiger partial charge >= 0.3 is 0 Å². The maximum Gasteiger partial charge on any atom is 0.140 e. The van der Waals surface area contributed by atoms with E-state index in [2.05, 4.69) is 69.6 Å². The lowest BCUT2D eigenvalue weighted by Gasteiger charge is -2.18. The quantitative estimate of drug-likeness (QED) is 0.676. The molecule has 0 saturated heterocycles. The minimum atomic E-state index is 0.154. The van der Waals surface area contributed by atoms with Crippen molar-refractivity contribution >= 4 is 39.3 Å². The molecule has 4 nitrogen and oxygen atoms in total. The minimum Gasteiger partial charge on any atom is -0.395 e. The van der Waals surface area contributed by atoms with Gasteiger partial charge in [-0.1, -0.05) is 0 Å². The van der Waals surface area contributed by atoms with Crippen molar-refractivity contribution in [2.75, 3.05) is 25.1 Å². The number of aromatic nitrogens is 2. The van der Waals surface area contributed by atoms with E-state index in [0.717, 1.165) is 28.1 Å². The van der Waals surface area contributed by atoms with E-state index in [1.165, 1.54) is 3.57 Å². The Morgan fingerprint density at radius 3 is 2.59 bits per heavy atom. The number of anilines is 1. The standard InChI is InChI=1S/C17H18IN3O/c1-20(9-10-22)14-6-3-12(4-7-14)17-19-15-11-13(18)5-8-16(15)21(17)2/h3-8,11,22H,9-10H2,1-2H3. The smallest absolute Gasteiger partial charge is 0.140 e. The van der Waals surface area contributed by atoms with Crippen molar-refractivity contribution in [3.63, 3.8) is 0 Å². The number of aliphatic hydroxyl groups is 1. The van der Waals surface area contributed by atoms with Gasteiger partial charge in [-0.3, -0.25) is 0 Å². The van der Waals surface area contributed by atoms with Crippen molar-refractivity contribution < 1.29 is 5.11 Å². The molecule has 0 unspecified atom stereocenters. The summed E-state index contributed by atoms with van der Waals surface area (Å²) in [4.78, 5) is 6.79. The van der Waals surface area contributed by atoms with Gasteiger partial charge in [-0.2, -0.15) is 0 Å². The van der Waals surface area contributed by atoms with Crippen LogP contribution in [0.15, 0.2) is 42.5 Å². The number of aliphatic hydroxyl groups excluding tert-OH is 1. The molecule has 5 heteroatoms. The molecule has 0 aliphatic heterocycles. The Bertz CT molecular complexity index is 796. The Morgan fingerprint density at radius 2 is 1.91 bits per heavy atom. The highest BCUT2D eigenvalue weighted by Gasteiger charge is 2.10. The van der Waals surface area contributed by atoms with Crippen LogP contribution in [0.4, 0.5) is 5.69 Å². The van der Waals surface area contributed by atoms with Gasteiger partial charge < -0.3 is 14.6 Å². The topological polar surface area (TPSA) is 41.3 Å². The first-order chi connectivity index (χ1) is 10.6. The molecule has 3 aromatic rings. The van der Waals surface area contributed by atoms with E-state index in [1.807, 2.05) is 19.0 Å². The summed E-state index contributed by atoms with van der Waals surface area (Å²) < 4.78 is 3.31. The van der Waals surface area contributed by atoms with Crippen molar-refractivity contribution in [3.8, 4) is 11.4 Å². The maximum atomic E-state index is 9.01. The molecule has 22 heavy (non-hydrogen) atoms. The number of aryl methyl sites for hydroxylation is 1. The fraction of sp³-hybridized carbons (Fsp3) is 0.235. The number of nitrogens with zero attached hydrogens (tertiary/aromatic N) is 3. The van der Waals surface area contributed by atoms with Gasteiger partial charge in [-0.15, -0.1) is 0 Å². The zero-order valence-electron chi connectivity index (χ0n) is 12.6. The van der Waals surface area contributed by atoms with E-state index in [-0.39, 0.29) is 6.61 Å². The Balaban J connectivity index is 1.99. The molecule has 0 radical (unpaired) electrons. The summed E-state index contributed by atoms with van der Waals surface area (Å²) >= 11 is 2.31. The number of imidazole rings is 1. The summed E-state index contributed by atoms with van der Waals surface area (Å²) in [5.41, 5.74) is 4.34. The van der Waals surface area contributed by atoms with Crippen LogP contribution in [0, 0.1) is 3.57 Å². The lowest BCUT2D eigenvalue weighted by molar-refractivity contribution is 0.304. The number of fused-ring (bicyclic) bond motifs is 1. The second kappa shape index (κ2) is 6.26. The molecule has 3 rings (SSSR count). The summed E-state index contributed by atoms with van der Waals surface area (Å²) in [6.07, 6.45) is 0. The normalized spacial score (nSPS) is 11.1. The number of halogens is 1. The largest absolute Gasteiger partial charge is 0.395 e. The highest BCUT2D eigenvalue weighted by molar-refractivity contribution is 14.1. The number of benzene rings is 2. The molecule has 114 valence electrons. The predicted octanol–water partition coefficient (Wildman–Crippen LogP) is 3.27. The Hall–Kier alpha value is -1.60. The minimum absolute atomic E-state index is 0.154. The third kappa shape index (κ3) is 2.83. The molecule has 0 aliphatic rings. The van der Waals surface area contributed by atoms with Gasteiger partial charge in [0.15, 0.2) is 0 Å². The Kier molecular flexibility index (Phi) is 4.35. The first-order valence-electron chi connectivity index (χ1n) is 7.14. The highest BCUT2D eigenvalue weighted by atomic mass is 127. The van der Waals surface area contributed by atoms with Gasteiger partial charge in [0, 0.05) is 35.5 Å². The molecule has 0 atom stereocenters. The van der Waals surface area contributed by atoms with E-state index in [1.54, 1.807) is 0 Å². The van der Waals surface area contributed by atoms with Gasteiger partial charge in [0.25, 0.3) is 0 Å². The fourth-order valence-electron chi connectivity index (χ4n) is 2.58. The van der Waals surface area contributed by atoms with Gasteiger partial charge in [0.2, 0.25) is 0 Å². The summed E-state index contributed by atoms with van der Waals surface area (Å²) in [6.45, 7) is 0.783. The lowest BCUT2D eigenvalue weighted by atomic mass is 10.2. The van der Waals surface area contributed by atoms with Crippen molar-refractivity contribution in [3.05, 3.63) is 46.0 Å². The van der Waals surface area contributed by atoms with Crippen molar-refractivity contribution in [2.45, 2.75) is 0 Å². The van der Waals surface area contributed by atoms with Crippen LogP contribution in [0.5, 0.6) is 0 Å². The monoisotopic (exact) mass is 407 g/mol. The SMILES string of the molecule is CN(CCO)c1ccc(-c2nc3cc(I)ccc3n2C)cc1. The molecular formula is C17H18IN3O. The molecule has 0 aliphatic carbocycles. The molecule has 0 bridgehead atoms. The van der Waals surface area contributed by atoms with Crippen molar-refractivity contribution in [1.82, 2.24) is 9.55 Å². The van der Waals surface area contributed by atoms with Gasteiger partial charge in [0.05, 0.1) is 17.6 Å². The van der Waals surface area contributed by atoms with Gasteiger partial charge in [-0.05, 0) is 65.1 Å². The molecule has 0 saturated carbocycles. The summed E-state index contributed by atoms with van der Waals surface area (Å²) in [6, 6.07) is 14.6. The average molecular weight is 407 g/mol. The first kappa shape index (κ1) is 15.3. The van der Waals surface area contributed by atoms with E-state index < -0.39 is 0 Å². The van der Waals surface area contributed by atoms with Crippen LogP contribution in [-0.2, 0) is 7.05 Å². The number of rotatable bonds is 4. The van der Waals surface area contributed by atoms with Crippen LogP contribution in [0.2, 0.25) is 0 Å².